The zero-order valence-electron chi connectivity index (χ0n) is 10.4. The first-order valence-electron chi connectivity index (χ1n) is 5.78. The maximum absolute atomic E-state index is 13.7. The van der Waals surface area contributed by atoms with Gasteiger partial charge >= 0.3 is 0 Å². The monoisotopic (exact) mass is 260 g/mol. The number of aromatic hydroxyl groups is 1. The van der Waals surface area contributed by atoms with Crippen molar-refractivity contribution in [3.8, 4) is 11.5 Å². The zero-order valence-corrected chi connectivity index (χ0v) is 10.4. The van der Waals surface area contributed by atoms with Gasteiger partial charge in [-0.2, -0.15) is 0 Å². The second kappa shape index (κ2) is 5.52. The molecular weight excluding hydrogens is 247 g/mol. The van der Waals surface area contributed by atoms with Gasteiger partial charge < -0.3 is 9.84 Å². The van der Waals surface area contributed by atoms with Gasteiger partial charge in [-0.3, -0.25) is 4.79 Å². The molecule has 1 N–H and O–H groups in total. The van der Waals surface area contributed by atoms with Gasteiger partial charge in [0, 0.05) is 6.07 Å². The number of rotatable bonds is 4. The standard InChI is InChI=1S/C15H13FO3/c1-10(17)12-7-13(16)15(8-14(12)18)19-9-11-5-3-2-4-6-11/h2-8,18H,9H2,1H3. The maximum atomic E-state index is 13.7. The molecule has 0 saturated carbocycles. The van der Waals surface area contributed by atoms with Crippen LogP contribution in [0.15, 0.2) is 42.5 Å². The summed E-state index contributed by atoms with van der Waals surface area (Å²) in [4.78, 5) is 11.1. The normalized spacial score (nSPS) is 10.2. The number of ketones is 1. The molecule has 0 unspecified atom stereocenters. The molecule has 0 spiro atoms. The lowest BCUT2D eigenvalue weighted by Gasteiger charge is -2.09. The molecule has 2 rings (SSSR count). The number of carbonyl (C=O) groups excluding carboxylic acids is 1. The highest BCUT2D eigenvalue weighted by Gasteiger charge is 2.13. The first-order chi connectivity index (χ1) is 9.08. The molecule has 0 aromatic heterocycles. The lowest BCUT2D eigenvalue weighted by molar-refractivity contribution is 0.101. The number of benzene rings is 2. The van der Waals surface area contributed by atoms with Gasteiger partial charge in [-0.15, -0.1) is 0 Å². The molecule has 4 heteroatoms. The predicted octanol–water partition coefficient (Wildman–Crippen LogP) is 3.31. The van der Waals surface area contributed by atoms with E-state index in [-0.39, 0.29) is 23.7 Å². The van der Waals surface area contributed by atoms with E-state index in [1.807, 2.05) is 30.3 Å². The van der Waals surface area contributed by atoms with Gasteiger partial charge in [-0.1, -0.05) is 30.3 Å². The molecule has 19 heavy (non-hydrogen) atoms. The molecule has 2 aromatic rings. The molecule has 3 nitrogen and oxygen atoms in total. The van der Waals surface area contributed by atoms with Gasteiger partial charge in [0.05, 0.1) is 5.56 Å². The molecule has 2 aromatic carbocycles. The maximum Gasteiger partial charge on any atom is 0.166 e. The predicted molar refractivity (Wildman–Crippen MR) is 68.8 cm³/mol. The third-order valence-electron chi connectivity index (χ3n) is 2.67. The van der Waals surface area contributed by atoms with Crippen molar-refractivity contribution in [2.24, 2.45) is 0 Å². The summed E-state index contributed by atoms with van der Waals surface area (Å²) in [6.07, 6.45) is 0. The average molecular weight is 260 g/mol. The third kappa shape index (κ3) is 3.10. The summed E-state index contributed by atoms with van der Waals surface area (Å²) < 4.78 is 19.0. The van der Waals surface area contributed by atoms with Crippen LogP contribution in [0.5, 0.6) is 11.5 Å². The van der Waals surface area contributed by atoms with E-state index in [0.717, 1.165) is 17.7 Å². The van der Waals surface area contributed by atoms with E-state index in [1.54, 1.807) is 0 Å². The number of phenolic OH excluding ortho intramolecular Hbond substituents is 1. The van der Waals surface area contributed by atoms with Crippen molar-refractivity contribution < 1.29 is 19.0 Å². The fraction of sp³-hybridized carbons (Fsp3) is 0.133. The minimum atomic E-state index is -0.668. The zero-order chi connectivity index (χ0) is 13.8. The van der Waals surface area contributed by atoms with Crippen molar-refractivity contribution in [1.82, 2.24) is 0 Å². The Morgan fingerprint density at radius 2 is 1.95 bits per heavy atom. The smallest absolute Gasteiger partial charge is 0.166 e. The summed E-state index contributed by atoms with van der Waals surface area (Å²) in [6.45, 7) is 1.45. The highest BCUT2D eigenvalue weighted by atomic mass is 19.1. The number of carbonyl (C=O) groups is 1. The summed E-state index contributed by atoms with van der Waals surface area (Å²) in [5.41, 5.74) is 0.835. The van der Waals surface area contributed by atoms with Crippen LogP contribution >= 0.6 is 0 Å². The highest BCUT2D eigenvalue weighted by Crippen LogP contribution is 2.28. The van der Waals surface area contributed by atoms with Crippen molar-refractivity contribution in [3.05, 3.63) is 59.4 Å². The quantitative estimate of drug-likeness (QED) is 0.858. The molecule has 0 heterocycles. The molecule has 0 bridgehead atoms. The SMILES string of the molecule is CC(=O)c1cc(F)c(OCc2ccccc2)cc1O. The molecule has 0 fully saturated rings. The average Bonchev–Trinajstić information content (AvgIpc) is 2.40. The number of halogens is 1. The lowest BCUT2D eigenvalue weighted by Crippen LogP contribution is -2.00. The molecule has 0 saturated heterocycles. The van der Waals surface area contributed by atoms with E-state index < -0.39 is 11.6 Å². The van der Waals surface area contributed by atoms with Crippen molar-refractivity contribution in [2.75, 3.05) is 0 Å². The van der Waals surface area contributed by atoms with Crippen LogP contribution in [0.25, 0.3) is 0 Å². The van der Waals surface area contributed by atoms with Crippen molar-refractivity contribution >= 4 is 5.78 Å². The van der Waals surface area contributed by atoms with Crippen LogP contribution in [-0.2, 0) is 6.61 Å². The minimum absolute atomic E-state index is 0.0513. The summed E-state index contributed by atoms with van der Waals surface area (Å²) in [5.74, 6) is -1.42. The van der Waals surface area contributed by atoms with Gasteiger partial charge in [0.1, 0.15) is 12.4 Å². The first kappa shape index (κ1) is 13.1. The second-order valence-electron chi connectivity index (χ2n) is 4.13. The van der Waals surface area contributed by atoms with Crippen LogP contribution in [0.3, 0.4) is 0 Å². The van der Waals surface area contributed by atoms with Gasteiger partial charge in [0.2, 0.25) is 0 Å². The molecular formula is C15H13FO3. The number of Topliss-reactive ketones (excluding diaryl/α,β-unsaturated/α-hetero) is 1. The summed E-state index contributed by atoms with van der Waals surface area (Å²) in [7, 11) is 0. The fourth-order valence-electron chi connectivity index (χ4n) is 1.67. The molecule has 0 radical (unpaired) electrons. The first-order valence-corrected chi connectivity index (χ1v) is 5.78. The Morgan fingerprint density at radius 1 is 1.26 bits per heavy atom. The van der Waals surface area contributed by atoms with Gasteiger partial charge in [0.25, 0.3) is 0 Å². The van der Waals surface area contributed by atoms with Gasteiger partial charge in [-0.05, 0) is 18.6 Å². The Morgan fingerprint density at radius 3 is 2.58 bits per heavy atom. The highest BCUT2D eigenvalue weighted by molar-refractivity contribution is 5.96. The molecule has 0 amide bonds. The second-order valence-corrected chi connectivity index (χ2v) is 4.13. The van der Waals surface area contributed by atoms with E-state index in [2.05, 4.69) is 0 Å². The van der Waals surface area contributed by atoms with Crippen molar-refractivity contribution in [3.63, 3.8) is 0 Å². The fourth-order valence-corrected chi connectivity index (χ4v) is 1.67. The van der Waals surface area contributed by atoms with Crippen LogP contribution < -0.4 is 4.74 Å². The van der Waals surface area contributed by atoms with E-state index in [4.69, 9.17) is 4.74 Å². The van der Waals surface area contributed by atoms with Crippen LogP contribution in [0.2, 0.25) is 0 Å². The van der Waals surface area contributed by atoms with E-state index in [1.165, 1.54) is 6.92 Å². The molecule has 98 valence electrons. The summed E-state index contributed by atoms with van der Waals surface area (Å²) in [5, 5.41) is 9.62. The Balaban J connectivity index is 2.17. The third-order valence-corrected chi connectivity index (χ3v) is 2.67. The van der Waals surface area contributed by atoms with Crippen LogP contribution in [-0.4, -0.2) is 10.9 Å². The Bertz CT molecular complexity index is 594. The molecule has 0 aliphatic rings. The van der Waals surface area contributed by atoms with Crippen LogP contribution in [0.1, 0.15) is 22.8 Å². The minimum Gasteiger partial charge on any atom is -0.507 e. The molecule has 0 aliphatic heterocycles. The summed E-state index contributed by atoms with van der Waals surface area (Å²) >= 11 is 0. The number of phenols is 1. The van der Waals surface area contributed by atoms with E-state index in [0.29, 0.717) is 0 Å². The Hall–Kier alpha value is -2.36. The summed E-state index contributed by atoms with van der Waals surface area (Å²) in [6, 6.07) is 11.4. The van der Waals surface area contributed by atoms with Gasteiger partial charge in [-0.25, -0.2) is 4.39 Å². The number of ether oxygens (including phenoxy) is 1. The van der Waals surface area contributed by atoms with Gasteiger partial charge in [0.15, 0.2) is 17.3 Å². The van der Waals surface area contributed by atoms with Crippen LogP contribution in [0, 0.1) is 5.82 Å². The largest absolute Gasteiger partial charge is 0.507 e. The van der Waals surface area contributed by atoms with Crippen molar-refractivity contribution in [1.29, 1.82) is 0 Å². The lowest BCUT2D eigenvalue weighted by atomic mass is 10.1. The number of hydrogen-bond donors (Lipinski definition) is 1. The molecule has 0 aliphatic carbocycles. The topological polar surface area (TPSA) is 46.5 Å². The van der Waals surface area contributed by atoms with E-state index >= 15 is 0 Å². The van der Waals surface area contributed by atoms with Crippen molar-refractivity contribution in [2.45, 2.75) is 13.5 Å². The number of hydrogen-bond acceptors (Lipinski definition) is 3. The van der Waals surface area contributed by atoms with E-state index in [9.17, 15) is 14.3 Å². The molecule has 0 atom stereocenters. The Labute approximate surface area is 110 Å². The Kier molecular flexibility index (Phi) is 3.80. The van der Waals surface area contributed by atoms with Crippen LogP contribution in [0.4, 0.5) is 4.39 Å².